The van der Waals surface area contributed by atoms with Gasteiger partial charge in [0.05, 0.1) is 6.61 Å². The first-order valence-corrected chi connectivity index (χ1v) is 6.86. The van der Waals surface area contributed by atoms with Crippen molar-refractivity contribution in [3.63, 3.8) is 0 Å². The summed E-state index contributed by atoms with van der Waals surface area (Å²) in [7, 11) is 0. The molecule has 20 heavy (non-hydrogen) atoms. The van der Waals surface area contributed by atoms with Crippen molar-refractivity contribution in [3.05, 3.63) is 35.6 Å². The highest BCUT2D eigenvalue weighted by molar-refractivity contribution is 5.81. The summed E-state index contributed by atoms with van der Waals surface area (Å²) in [4.78, 5) is 12.0. The van der Waals surface area contributed by atoms with Crippen LogP contribution in [0.2, 0.25) is 0 Å². The van der Waals surface area contributed by atoms with Crippen LogP contribution in [0.15, 0.2) is 24.3 Å². The van der Waals surface area contributed by atoms with E-state index in [1.807, 2.05) is 13.8 Å². The molecule has 1 aromatic rings. The first kappa shape index (κ1) is 14.9. The van der Waals surface area contributed by atoms with Crippen molar-refractivity contribution in [1.29, 1.82) is 0 Å². The third-order valence-electron chi connectivity index (χ3n) is 3.53. The smallest absolute Gasteiger partial charge is 0.250 e. The minimum atomic E-state index is -0.469. The Morgan fingerprint density at radius 2 is 2.25 bits per heavy atom. The van der Waals surface area contributed by atoms with Gasteiger partial charge in [-0.05, 0) is 11.6 Å². The SMILES string of the molecule is CC(C)(CNC(=O)C1CNCCO1)c1ccccc1F. The summed E-state index contributed by atoms with van der Waals surface area (Å²) in [6.45, 7) is 6.01. The van der Waals surface area contributed by atoms with Gasteiger partial charge in [-0.15, -0.1) is 0 Å². The Hall–Kier alpha value is -1.46. The first-order valence-electron chi connectivity index (χ1n) is 6.86. The molecule has 1 fully saturated rings. The Morgan fingerprint density at radius 3 is 2.90 bits per heavy atom. The zero-order valence-corrected chi connectivity index (χ0v) is 11.9. The molecule has 0 aromatic heterocycles. The molecular weight excluding hydrogens is 259 g/mol. The molecule has 0 aliphatic carbocycles. The predicted molar refractivity (Wildman–Crippen MR) is 75.0 cm³/mol. The van der Waals surface area contributed by atoms with Crippen LogP contribution in [-0.2, 0) is 14.9 Å². The van der Waals surface area contributed by atoms with Crippen molar-refractivity contribution >= 4 is 5.91 Å². The fourth-order valence-corrected chi connectivity index (χ4v) is 2.26. The molecule has 4 nitrogen and oxygen atoms in total. The van der Waals surface area contributed by atoms with E-state index in [2.05, 4.69) is 10.6 Å². The Morgan fingerprint density at radius 1 is 1.50 bits per heavy atom. The van der Waals surface area contributed by atoms with Crippen LogP contribution in [0.3, 0.4) is 0 Å². The molecule has 1 unspecified atom stereocenters. The number of benzene rings is 1. The molecule has 0 radical (unpaired) electrons. The summed E-state index contributed by atoms with van der Waals surface area (Å²) in [5.74, 6) is -0.399. The number of amides is 1. The Balaban J connectivity index is 1.95. The molecule has 0 bridgehead atoms. The van der Waals surface area contributed by atoms with Gasteiger partial charge in [0.1, 0.15) is 11.9 Å². The second kappa shape index (κ2) is 6.33. The molecule has 1 aliphatic rings. The number of ether oxygens (including phenoxy) is 1. The molecule has 0 saturated carbocycles. The summed E-state index contributed by atoms with van der Waals surface area (Å²) in [6.07, 6.45) is -0.458. The van der Waals surface area contributed by atoms with Gasteiger partial charge in [-0.1, -0.05) is 32.0 Å². The average Bonchev–Trinajstić information content (AvgIpc) is 2.46. The summed E-state index contributed by atoms with van der Waals surface area (Å²) in [5.41, 5.74) is 0.131. The van der Waals surface area contributed by atoms with Gasteiger partial charge in [0, 0.05) is 25.0 Å². The van der Waals surface area contributed by atoms with Gasteiger partial charge in [-0.2, -0.15) is 0 Å². The summed E-state index contributed by atoms with van der Waals surface area (Å²) >= 11 is 0. The fourth-order valence-electron chi connectivity index (χ4n) is 2.26. The Bertz CT molecular complexity index is 471. The number of hydrogen-bond acceptors (Lipinski definition) is 3. The second-order valence-corrected chi connectivity index (χ2v) is 5.65. The molecule has 1 saturated heterocycles. The zero-order valence-electron chi connectivity index (χ0n) is 11.9. The van der Waals surface area contributed by atoms with Crippen molar-refractivity contribution < 1.29 is 13.9 Å². The van der Waals surface area contributed by atoms with Crippen molar-refractivity contribution in [3.8, 4) is 0 Å². The van der Waals surface area contributed by atoms with Gasteiger partial charge >= 0.3 is 0 Å². The lowest BCUT2D eigenvalue weighted by atomic mass is 9.84. The van der Waals surface area contributed by atoms with Gasteiger partial charge in [-0.25, -0.2) is 4.39 Å². The van der Waals surface area contributed by atoms with E-state index in [0.717, 1.165) is 6.54 Å². The van der Waals surface area contributed by atoms with Gasteiger partial charge in [0.2, 0.25) is 5.91 Å². The molecule has 1 amide bonds. The topological polar surface area (TPSA) is 50.4 Å². The third-order valence-corrected chi connectivity index (χ3v) is 3.53. The van der Waals surface area contributed by atoms with Crippen molar-refractivity contribution in [1.82, 2.24) is 10.6 Å². The van der Waals surface area contributed by atoms with Crippen molar-refractivity contribution in [2.75, 3.05) is 26.2 Å². The minimum absolute atomic E-state index is 0.151. The average molecular weight is 280 g/mol. The highest BCUT2D eigenvalue weighted by Gasteiger charge is 2.27. The van der Waals surface area contributed by atoms with Crippen molar-refractivity contribution in [2.24, 2.45) is 0 Å². The maximum absolute atomic E-state index is 13.8. The molecule has 2 rings (SSSR count). The van der Waals surface area contributed by atoms with Gasteiger partial charge < -0.3 is 15.4 Å². The van der Waals surface area contributed by atoms with Gasteiger partial charge in [0.15, 0.2) is 0 Å². The van der Waals surface area contributed by atoms with Crippen LogP contribution >= 0.6 is 0 Å². The number of carbonyl (C=O) groups is 1. The molecule has 110 valence electrons. The molecule has 1 heterocycles. The Labute approximate surface area is 118 Å². The van der Waals surface area contributed by atoms with E-state index in [1.165, 1.54) is 6.07 Å². The predicted octanol–water partition coefficient (Wildman–Crippen LogP) is 1.21. The maximum atomic E-state index is 13.8. The number of halogens is 1. The molecule has 1 aliphatic heterocycles. The van der Waals surface area contributed by atoms with E-state index < -0.39 is 11.5 Å². The number of carbonyl (C=O) groups excluding carboxylic acids is 1. The zero-order chi connectivity index (χ0) is 14.6. The van der Waals surface area contributed by atoms with Gasteiger partial charge in [0.25, 0.3) is 0 Å². The van der Waals surface area contributed by atoms with Crippen LogP contribution in [-0.4, -0.2) is 38.3 Å². The number of nitrogens with one attached hydrogen (secondary N) is 2. The monoisotopic (exact) mass is 280 g/mol. The van der Waals surface area contributed by atoms with Crippen LogP contribution in [0.25, 0.3) is 0 Å². The van der Waals surface area contributed by atoms with Crippen molar-refractivity contribution in [2.45, 2.75) is 25.4 Å². The van der Waals surface area contributed by atoms with E-state index in [-0.39, 0.29) is 11.7 Å². The normalized spacial score (nSPS) is 19.6. The quantitative estimate of drug-likeness (QED) is 0.871. The van der Waals surface area contributed by atoms with Gasteiger partial charge in [-0.3, -0.25) is 4.79 Å². The van der Waals surface area contributed by atoms with Crippen LogP contribution in [0, 0.1) is 5.82 Å². The van der Waals surface area contributed by atoms with E-state index >= 15 is 0 Å². The summed E-state index contributed by atoms with van der Waals surface area (Å²) in [5, 5.41) is 5.96. The number of morpholine rings is 1. The summed E-state index contributed by atoms with van der Waals surface area (Å²) in [6, 6.07) is 6.65. The standard InChI is InChI=1S/C15H21FN2O2/c1-15(2,11-5-3-4-6-12(11)16)10-18-14(19)13-9-17-7-8-20-13/h3-6,13,17H,7-10H2,1-2H3,(H,18,19). The van der Waals surface area contributed by atoms with E-state index in [0.29, 0.717) is 25.3 Å². The molecule has 5 heteroatoms. The largest absolute Gasteiger partial charge is 0.366 e. The maximum Gasteiger partial charge on any atom is 0.250 e. The summed E-state index contributed by atoms with van der Waals surface area (Å²) < 4.78 is 19.2. The van der Waals surface area contributed by atoms with E-state index in [4.69, 9.17) is 4.74 Å². The van der Waals surface area contributed by atoms with E-state index in [9.17, 15) is 9.18 Å². The molecule has 0 spiro atoms. The lowest BCUT2D eigenvalue weighted by Crippen LogP contribution is -2.50. The molecular formula is C15H21FN2O2. The van der Waals surface area contributed by atoms with Crippen LogP contribution in [0.5, 0.6) is 0 Å². The number of hydrogen-bond donors (Lipinski definition) is 2. The van der Waals surface area contributed by atoms with Crippen LogP contribution < -0.4 is 10.6 Å². The third kappa shape index (κ3) is 3.55. The lowest BCUT2D eigenvalue weighted by molar-refractivity contribution is -0.134. The van der Waals surface area contributed by atoms with Crippen LogP contribution in [0.4, 0.5) is 4.39 Å². The highest BCUT2D eigenvalue weighted by Crippen LogP contribution is 2.24. The lowest BCUT2D eigenvalue weighted by Gasteiger charge is -2.28. The van der Waals surface area contributed by atoms with Crippen LogP contribution in [0.1, 0.15) is 19.4 Å². The first-order chi connectivity index (χ1) is 9.50. The molecule has 1 aromatic carbocycles. The number of rotatable bonds is 4. The molecule has 2 N–H and O–H groups in total. The van der Waals surface area contributed by atoms with E-state index in [1.54, 1.807) is 18.2 Å². The molecule has 1 atom stereocenters. The highest BCUT2D eigenvalue weighted by atomic mass is 19.1. The fraction of sp³-hybridized carbons (Fsp3) is 0.533. The second-order valence-electron chi connectivity index (χ2n) is 5.65. The Kier molecular flexibility index (Phi) is 4.73. The minimum Gasteiger partial charge on any atom is -0.366 e.